The molecule has 0 fully saturated rings. The van der Waals surface area contributed by atoms with Gasteiger partial charge in [0, 0.05) is 17.8 Å². The number of carbonyl (C=O) groups is 1. The van der Waals surface area contributed by atoms with Gasteiger partial charge in [0.15, 0.2) is 11.6 Å². The van der Waals surface area contributed by atoms with Gasteiger partial charge in [0.25, 0.3) is 0 Å². The predicted molar refractivity (Wildman–Crippen MR) is 85.5 cm³/mol. The molecule has 0 aliphatic heterocycles. The van der Waals surface area contributed by atoms with Crippen LogP contribution >= 0.6 is 0 Å². The van der Waals surface area contributed by atoms with Gasteiger partial charge in [0.1, 0.15) is 17.2 Å². The lowest BCUT2D eigenvalue weighted by atomic mass is 10.1. The molecule has 3 rings (SSSR count). The van der Waals surface area contributed by atoms with E-state index in [1.54, 1.807) is 0 Å². The first-order chi connectivity index (χ1) is 12.1. The number of fused-ring (bicyclic) bond motifs is 1. The highest BCUT2D eigenvalue weighted by atomic mass is 19.2. The zero-order valence-electron chi connectivity index (χ0n) is 13.1. The summed E-state index contributed by atoms with van der Waals surface area (Å²) in [6.45, 7) is 1.14. The molecule has 5 nitrogen and oxygen atoms in total. The Morgan fingerprint density at radius 1 is 1.08 bits per heavy atom. The fourth-order valence-corrected chi connectivity index (χ4v) is 2.71. The van der Waals surface area contributed by atoms with Crippen LogP contribution in [0, 0.1) is 30.2 Å². The maximum absolute atomic E-state index is 14.3. The van der Waals surface area contributed by atoms with E-state index in [0.717, 1.165) is 23.8 Å². The predicted octanol–water partition coefficient (Wildman–Crippen LogP) is 3.14. The highest BCUT2D eigenvalue weighted by Gasteiger charge is 2.22. The molecule has 0 bridgehead atoms. The molecule has 26 heavy (non-hydrogen) atoms. The molecule has 9 heteroatoms. The van der Waals surface area contributed by atoms with Crippen LogP contribution < -0.4 is 11.2 Å². The Labute approximate surface area is 142 Å². The van der Waals surface area contributed by atoms with Gasteiger partial charge in [-0.25, -0.2) is 22.4 Å². The number of nitrogens with zero attached hydrogens (tertiary/aromatic N) is 1. The van der Waals surface area contributed by atoms with Gasteiger partial charge in [-0.3, -0.25) is 4.79 Å². The summed E-state index contributed by atoms with van der Waals surface area (Å²) in [5.41, 5.74) is 2.06. The van der Waals surface area contributed by atoms with Gasteiger partial charge in [-0.05, 0) is 19.1 Å². The van der Waals surface area contributed by atoms with E-state index in [4.69, 9.17) is 5.73 Å². The van der Waals surface area contributed by atoms with Crippen LogP contribution in [-0.4, -0.2) is 15.6 Å². The van der Waals surface area contributed by atoms with Gasteiger partial charge < -0.3 is 15.4 Å². The summed E-state index contributed by atoms with van der Waals surface area (Å²) in [5, 5.41) is 8.73. The van der Waals surface area contributed by atoms with Crippen LogP contribution in [0.1, 0.15) is 15.9 Å². The highest BCUT2D eigenvalue weighted by molar-refractivity contribution is 5.94. The molecule has 3 aromatic rings. The minimum atomic E-state index is -1.65. The maximum atomic E-state index is 14.3. The van der Waals surface area contributed by atoms with Crippen LogP contribution in [0.5, 0.6) is 0 Å². The van der Waals surface area contributed by atoms with Crippen molar-refractivity contribution >= 4 is 22.6 Å². The molecule has 0 aliphatic rings. The lowest BCUT2D eigenvalue weighted by Crippen LogP contribution is -2.20. The van der Waals surface area contributed by atoms with Crippen molar-refractivity contribution in [2.45, 2.75) is 6.92 Å². The summed E-state index contributed by atoms with van der Waals surface area (Å²) < 4.78 is 56.3. The molecular weight excluding hydrogens is 356 g/mol. The van der Waals surface area contributed by atoms with Gasteiger partial charge >= 0.3 is 5.97 Å². The Morgan fingerprint density at radius 3 is 2.35 bits per heavy atom. The average molecular weight is 366 g/mol. The van der Waals surface area contributed by atoms with Crippen molar-refractivity contribution in [2.75, 3.05) is 5.73 Å². The standard InChI is InChI=1S/C17H10F4N2O3/c1-6-14(21)11(20)2-7-15(6)23(5-8(16(7)24)17(25)26)13-4-12(22)9(18)3-10(13)19/h2-5H,22H2,1H3,(H,25,26). The summed E-state index contributed by atoms with van der Waals surface area (Å²) in [5.74, 6) is -6.49. The molecule has 1 heterocycles. The monoisotopic (exact) mass is 366 g/mol. The molecule has 0 amide bonds. The second-order valence-electron chi connectivity index (χ2n) is 5.57. The Kier molecular flexibility index (Phi) is 3.94. The normalized spacial score (nSPS) is 11.1. The first kappa shape index (κ1) is 17.5. The van der Waals surface area contributed by atoms with Gasteiger partial charge in [0.2, 0.25) is 5.43 Å². The lowest BCUT2D eigenvalue weighted by Gasteiger charge is -2.16. The SMILES string of the molecule is Cc1c(F)c(F)cc2c(=O)c(C(=O)O)cn(-c3cc(N)c(F)cc3F)c12. The third-order valence-corrected chi connectivity index (χ3v) is 3.96. The minimum absolute atomic E-state index is 0.260. The van der Waals surface area contributed by atoms with E-state index in [1.807, 2.05) is 0 Å². The van der Waals surface area contributed by atoms with Crippen molar-refractivity contribution in [1.29, 1.82) is 0 Å². The van der Waals surface area contributed by atoms with Crippen molar-refractivity contribution in [3.05, 3.63) is 69.0 Å². The summed E-state index contributed by atoms with van der Waals surface area (Å²) >= 11 is 0. The van der Waals surface area contributed by atoms with Crippen molar-refractivity contribution in [2.24, 2.45) is 0 Å². The number of pyridine rings is 1. The van der Waals surface area contributed by atoms with Gasteiger partial charge in [-0.15, -0.1) is 0 Å². The summed E-state index contributed by atoms with van der Waals surface area (Å²) in [4.78, 5) is 23.6. The quantitative estimate of drug-likeness (QED) is 0.539. The minimum Gasteiger partial charge on any atom is -0.477 e. The number of benzene rings is 2. The number of aromatic nitrogens is 1. The van der Waals surface area contributed by atoms with E-state index in [2.05, 4.69) is 0 Å². The van der Waals surface area contributed by atoms with Crippen LogP contribution in [0.25, 0.3) is 16.6 Å². The smallest absolute Gasteiger partial charge is 0.341 e. The summed E-state index contributed by atoms with van der Waals surface area (Å²) in [6.07, 6.45) is 0.757. The first-order valence-electron chi connectivity index (χ1n) is 7.15. The number of rotatable bonds is 2. The van der Waals surface area contributed by atoms with E-state index in [1.165, 1.54) is 0 Å². The number of anilines is 1. The summed E-state index contributed by atoms with van der Waals surface area (Å²) in [7, 11) is 0. The molecule has 2 aromatic carbocycles. The molecule has 0 aliphatic carbocycles. The number of aromatic carboxylic acids is 1. The zero-order chi connectivity index (χ0) is 19.3. The summed E-state index contributed by atoms with van der Waals surface area (Å²) in [6, 6.07) is 1.86. The second kappa shape index (κ2) is 5.87. The number of nitrogens with two attached hydrogens (primary N) is 1. The second-order valence-corrected chi connectivity index (χ2v) is 5.57. The van der Waals surface area contributed by atoms with Crippen molar-refractivity contribution in [1.82, 2.24) is 4.57 Å². The molecule has 0 unspecified atom stereocenters. The van der Waals surface area contributed by atoms with E-state index in [9.17, 15) is 32.3 Å². The molecule has 0 radical (unpaired) electrons. The van der Waals surface area contributed by atoms with E-state index in [0.29, 0.717) is 12.1 Å². The molecule has 0 spiro atoms. The van der Waals surface area contributed by atoms with Crippen molar-refractivity contribution < 1.29 is 27.5 Å². The number of hydrogen-bond acceptors (Lipinski definition) is 3. The van der Waals surface area contributed by atoms with Crippen LogP contribution in [0.2, 0.25) is 0 Å². The fourth-order valence-electron chi connectivity index (χ4n) is 2.71. The third-order valence-electron chi connectivity index (χ3n) is 3.96. The number of aryl methyl sites for hydroxylation is 1. The van der Waals surface area contributed by atoms with Crippen molar-refractivity contribution in [3.8, 4) is 5.69 Å². The number of halogens is 4. The number of carboxylic acids is 1. The van der Waals surface area contributed by atoms with Crippen LogP contribution in [-0.2, 0) is 0 Å². The number of hydrogen-bond donors (Lipinski definition) is 2. The van der Waals surface area contributed by atoms with Gasteiger partial charge in [-0.2, -0.15) is 0 Å². The van der Waals surface area contributed by atoms with Crippen LogP contribution in [0.4, 0.5) is 23.2 Å². The van der Waals surface area contributed by atoms with Gasteiger partial charge in [-0.1, -0.05) is 0 Å². The highest BCUT2D eigenvalue weighted by Crippen LogP contribution is 2.28. The van der Waals surface area contributed by atoms with E-state index in [-0.39, 0.29) is 11.1 Å². The third kappa shape index (κ3) is 2.48. The van der Waals surface area contributed by atoms with Crippen LogP contribution in [0.3, 0.4) is 0 Å². The lowest BCUT2D eigenvalue weighted by molar-refractivity contribution is 0.0695. The average Bonchev–Trinajstić information content (AvgIpc) is 2.57. The molecular formula is C17H10F4N2O3. The fraction of sp³-hybridized carbons (Fsp3) is 0.0588. The zero-order valence-corrected chi connectivity index (χ0v) is 13.1. The molecule has 0 saturated carbocycles. The molecule has 134 valence electrons. The molecule has 1 aromatic heterocycles. The molecule has 3 N–H and O–H groups in total. The Bertz CT molecular complexity index is 1160. The van der Waals surface area contributed by atoms with Crippen LogP contribution in [0.15, 0.2) is 29.2 Å². The first-order valence-corrected chi connectivity index (χ1v) is 7.15. The molecule has 0 atom stereocenters. The van der Waals surface area contributed by atoms with Crippen molar-refractivity contribution in [3.63, 3.8) is 0 Å². The van der Waals surface area contributed by atoms with Gasteiger partial charge in [0.05, 0.1) is 22.3 Å². The maximum Gasteiger partial charge on any atom is 0.341 e. The molecule has 0 saturated heterocycles. The van der Waals surface area contributed by atoms with E-state index >= 15 is 0 Å². The Hall–Kier alpha value is -3.36. The van der Waals surface area contributed by atoms with E-state index < -0.39 is 57.0 Å². The topological polar surface area (TPSA) is 85.3 Å². The Morgan fingerprint density at radius 2 is 1.73 bits per heavy atom. The Balaban J connectivity index is 2.59. The number of nitrogen functional groups attached to an aromatic ring is 1. The number of carboxylic acid groups (broad SMARTS) is 1. The largest absolute Gasteiger partial charge is 0.477 e.